The lowest BCUT2D eigenvalue weighted by Gasteiger charge is -2.07. The standard InChI is InChI=1S/C6H10O3/c1-5(2-3-7)6(9)4-8/h3-6,9H,2H2,1H3. The Hall–Kier alpha value is -0.700. The minimum atomic E-state index is -0.991. The molecule has 0 aromatic carbocycles. The van der Waals surface area contributed by atoms with Gasteiger partial charge >= 0.3 is 0 Å². The molecule has 0 aromatic rings. The molecule has 0 aromatic heterocycles. The molecule has 0 aliphatic rings. The van der Waals surface area contributed by atoms with E-state index in [0.29, 0.717) is 12.6 Å². The fraction of sp³-hybridized carbons (Fsp3) is 0.667. The summed E-state index contributed by atoms with van der Waals surface area (Å²) in [5.74, 6) is -0.250. The molecule has 52 valence electrons. The summed E-state index contributed by atoms with van der Waals surface area (Å²) in [5.41, 5.74) is 0. The van der Waals surface area contributed by atoms with Gasteiger partial charge in [0, 0.05) is 6.42 Å². The van der Waals surface area contributed by atoms with Gasteiger partial charge in [0.2, 0.25) is 0 Å². The van der Waals surface area contributed by atoms with Gasteiger partial charge in [0.15, 0.2) is 0 Å². The largest absolute Gasteiger partial charge is 0.385 e. The fourth-order valence-corrected chi connectivity index (χ4v) is 0.425. The van der Waals surface area contributed by atoms with Crippen LogP contribution in [0, 0.1) is 5.92 Å². The predicted molar refractivity (Wildman–Crippen MR) is 31.9 cm³/mol. The quantitative estimate of drug-likeness (QED) is 0.535. The summed E-state index contributed by atoms with van der Waals surface area (Å²) in [6.07, 6.45) is 0.376. The molecule has 0 heterocycles. The maximum absolute atomic E-state index is 9.86. The van der Waals surface area contributed by atoms with Crippen LogP contribution in [0.2, 0.25) is 0 Å². The number of aldehydes is 2. The number of hydrogen-bond donors (Lipinski definition) is 1. The van der Waals surface area contributed by atoms with Crippen LogP contribution in [0.25, 0.3) is 0 Å². The SMILES string of the molecule is CC(CC=O)C(O)C=O. The monoisotopic (exact) mass is 130 g/mol. The van der Waals surface area contributed by atoms with Gasteiger partial charge in [0.25, 0.3) is 0 Å². The van der Waals surface area contributed by atoms with E-state index in [1.807, 2.05) is 0 Å². The molecule has 9 heavy (non-hydrogen) atoms. The molecular weight excluding hydrogens is 120 g/mol. The third-order valence-electron chi connectivity index (χ3n) is 1.19. The normalized spacial score (nSPS) is 16.2. The van der Waals surface area contributed by atoms with Crippen molar-refractivity contribution in [1.82, 2.24) is 0 Å². The van der Waals surface area contributed by atoms with Crippen molar-refractivity contribution < 1.29 is 14.7 Å². The number of carbonyl (C=O) groups is 2. The first-order chi connectivity index (χ1) is 4.22. The van der Waals surface area contributed by atoms with Gasteiger partial charge in [0.1, 0.15) is 18.7 Å². The van der Waals surface area contributed by atoms with Crippen LogP contribution < -0.4 is 0 Å². The Balaban J connectivity index is 3.56. The molecule has 0 aliphatic carbocycles. The Morgan fingerprint density at radius 1 is 1.56 bits per heavy atom. The van der Waals surface area contributed by atoms with Gasteiger partial charge in [-0.3, -0.25) is 0 Å². The average molecular weight is 130 g/mol. The van der Waals surface area contributed by atoms with Crippen molar-refractivity contribution in [2.45, 2.75) is 19.4 Å². The van der Waals surface area contributed by atoms with E-state index in [1.165, 1.54) is 0 Å². The van der Waals surface area contributed by atoms with Crippen molar-refractivity contribution in [2.75, 3.05) is 0 Å². The summed E-state index contributed by atoms with van der Waals surface area (Å²) in [4.78, 5) is 19.7. The molecule has 0 rings (SSSR count). The van der Waals surface area contributed by atoms with Crippen LogP contribution in [0.1, 0.15) is 13.3 Å². The highest BCUT2D eigenvalue weighted by molar-refractivity contribution is 5.58. The predicted octanol–water partition coefficient (Wildman–Crippen LogP) is -0.229. The molecule has 3 heteroatoms. The minimum absolute atomic E-state index is 0.236. The molecule has 0 saturated heterocycles. The van der Waals surface area contributed by atoms with E-state index in [4.69, 9.17) is 5.11 Å². The summed E-state index contributed by atoms with van der Waals surface area (Å²) in [5, 5.41) is 8.73. The summed E-state index contributed by atoms with van der Waals surface area (Å²) >= 11 is 0. The van der Waals surface area contributed by atoms with E-state index in [9.17, 15) is 9.59 Å². The van der Waals surface area contributed by atoms with Crippen LogP contribution in [-0.4, -0.2) is 23.8 Å². The molecule has 3 nitrogen and oxygen atoms in total. The van der Waals surface area contributed by atoms with Gasteiger partial charge in [0.05, 0.1) is 0 Å². The lowest BCUT2D eigenvalue weighted by atomic mass is 10.0. The highest BCUT2D eigenvalue weighted by Crippen LogP contribution is 2.02. The minimum Gasteiger partial charge on any atom is -0.385 e. The van der Waals surface area contributed by atoms with E-state index in [1.54, 1.807) is 6.92 Å². The third kappa shape index (κ3) is 2.98. The van der Waals surface area contributed by atoms with Crippen LogP contribution >= 0.6 is 0 Å². The van der Waals surface area contributed by atoms with Gasteiger partial charge in [-0.1, -0.05) is 6.92 Å². The first-order valence-corrected chi connectivity index (χ1v) is 2.79. The van der Waals surface area contributed by atoms with Crippen molar-refractivity contribution in [3.05, 3.63) is 0 Å². The lowest BCUT2D eigenvalue weighted by Crippen LogP contribution is -2.18. The van der Waals surface area contributed by atoms with Crippen LogP contribution in [0.5, 0.6) is 0 Å². The van der Waals surface area contributed by atoms with E-state index in [2.05, 4.69) is 0 Å². The Kier molecular flexibility index (Phi) is 3.88. The van der Waals surface area contributed by atoms with Crippen LogP contribution in [-0.2, 0) is 9.59 Å². The van der Waals surface area contributed by atoms with Gasteiger partial charge in [-0.2, -0.15) is 0 Å². The molecule has 1 N–H and O–H groups in total. The molecule has 0 spiro atoms. The molecular formula is C6H10O3. The molecule has 0 fully saturated rings. The van der Waals surface area contributed by atoms with Crippen LogP contribution in [0.3, 0.4) is 0 Å². The first-order valence-electron chi connectivity index (χ1n) is 2.79. The van der Waals surface area contributed by atoms with E-state index in [0.717, 1.165) is 0 Å². The summed E-state index contributed by atoms with van der Waals surface area (Å²) in [6, 6.07) is 0. The zero-order valence-electron chi connectivity index (χ0n) is 5.28. The lowest BCUT2D eigenvalue weighted by molar-refractivity contribution is -0.118. The Morgan fingerprint density at radius 3 is 2.44 bits per heavy atom. The summed E-state index contributed by atoms with van der Waals surface area (Å²) < 4.78 is 0. The second-order valence-corrected chi connectivity index (χ2v) is 2.01. The topological polar surface area (TPSA) is 54.4 Å². The maximum Gasteiger partial charge on any atom is 0.148 e. The molecule has 0 aliphatic heterocycles. The number of rotatable bonds is 4. The van der Waals surface area contributed by atoms with Crippen molar-refractivity contribution in [1.29, 1.82) is 0 Å². The van der Waals surface area contributed by atoms with Gasteiger partial charge in [-0.25, -0.2) is 0 Å². The number of aliphatic hydroxyl groups is 1. The zero-order chi connectivity index (χ0) is 7.28. The van der Waals surface area contributed by atoms with Gasteiger partial charge in [-0.15, -0.1) is 0 Å². The second-order valence-electron chi connectivity index (χ2n) is 2.01. The fourth-order valence-electron chi connectivity index (χ4n) is 0.425. The smallest absolute Gasteiger partial charge is 0.148 e. The Bertz CT molecular complexity index is 100. The number of carbonyl (C=O) groups excluding carboxylic acids is 2. The maximum atomic E-state index is 9.86. The zero-order valence-corrected chi connectivity index (χ0v) is 5.28. The molecule has 2 atom stereocenters. The van der Waals surface area contributed by atoms with Crippen molar-refractivity contribution >= 4 is 12.6 Å². The molecule has 0 radical (unpaired) electrons. The van der Waals surface area contributed by atoms with Gasteiger partial charge in [-0.05, 0) is 5.92 Å². The van der Waals surface area contributed by atoms with Crippen LogP contribution in [0.15, 0.2) is 0 Å². The molecule has 0 amide bonds. The first kappa shape index (κ1) is 8.30. The van der Waals surface area contributed by atoms with Gasteiger partial charge < -0.3 is 14.7 Å². The summed E-state index contributed by atoms with van der Waals surface area (Å²) in [7, 11) is 0. The third-order valence-corrected chi connectivity index (χ3v) is 1.19. The number of hydrogen-bond acceptors (Lipinski definition) is 3. The second kappa shape index (κ2) is 4.21. The Labute approximate surface area is 53.7 Å². The Morgan fingerprint density at radius 2 is 2.11 bits per heavy atom. The van der Waals surface area contributed by atoms with Crippen LogP contribution in [0.4, 0.5) is 0 Å². The average Bonchev–Trinajstić information content (AvgIpc) is 1.87. The van der Waals surface area contributed by atoms with E-state index >= 15 is 0 Å². The highest BCUT2D eigenvalue weighted by atomic mass is 16.3. The molecule has 2 unspecified atom stereocenters. The van der Waals surface area contributed by atoms with E-state index in [-0.39, 0.29) is 12.3 Å². The van der Waals surface area contributed by atoms with Crippen molar-refractivity contribution in [3.63, 3.8) is 0 Å². The van der Waals surface area contributed by atoms with E-state index < -0.39 is 6.10 Å². The van der Waals surface area contributed by atoms with Crippen molar-refractivity contribution in [3.8, 4) is 0 Å². The molecule has 0 bridgehead atoms. The molecule has 0 saturated carbocycles. The van der Waals surface area contributed by atoms with Crippen molar-refractivity contribution in [2.24, 2.45) is 5.92 Å². The number of aliphatic hydroxyl groups excluding tert-OH is 1. The highest BCUT2D eigenvalue weighted by Gasteiger charge is 2.10. The summed E-state index contributed by atoms with van der Waals surface area (Å²) in [6.45, 7) is 1.65.